The van der Waals surface area contributed by atoms with Gasteiger partial charge in [0.15, 0.2) is 0 Å². The maximum Gasteiger partial charge on any atom is 0.390 e. The SMILES string of the molecule is Cc1ccc(C)c(C(C)NC(C)CC(F)(F)F)c1. The molecule has 0 saturated carbocycles. The van der Waals surface area contributed by atoms with Crippen molar-refractivity contribution in [1.29, 1.82) is 0 Å². The van der Waals surface area contributed by atoms with Crippen molar-refractivity contribution in [3.63, 3.8) is 0 Å². The molecule has 102 valence electrons. The quantitative estimate of drug-likeness (QED) is 0.850. The molecular formula is C14H20F3N. The van der Waals surface area contributed by atoms with E-state index in [2.05, 4.69) is 5.32 Å². The van der Waals surface area contributed by atoms with E-state index in [0.717, 1.165) is 16.7 Å². The van der Waals surface area contributed by atoms with Gasteiger partial charge in [-0.3, -0.25) is 0 Å². The van der Waals surface area contributed by atoms with Crippen LogP contribution in [-0.4, -0.2) is 12.2 Å². The van der Waals surface area contributed by atoms with Gasteiger partial charge in [0.25, 0.3) is 0 Å². The molecule has 0 aliphatic carbocycles. The average Bonchev–Trinajstić information content (AvgIpc) is 2.18. The van der Waals surface area contributed by atoms with Crippen molar-refractivity contribution >= 4 is 0 Å². The molecule has 2 atom stereocenters. The van der Waals surface area contributed by atoms with Crippen molar-refractivity contribution in [3.05, 3.63) is 34.9 Å². The van der Waals surface area contributed by atoms with Crippen molar-refractivity contribution in [2.24, 2.45) is 0 Å². The van der Waals surface area contributed by atoms with Crippen molar-refractivity contribution < 1.29 is 13.2 Å². The first-order valence-electron chi connectivity index (χ1n) is 6.09. The number of benzene rings is 1. The minimum atomic E-state index is -4.12. The standard InChI is InChI=1S/C14H20F3N/c1-9-5-6-10(2)13(7-9)12(4)18-11(3)8-14(15,16)17/h5-7,11-12,18H,8H2,1-4H3. The molecule has 0 fully saturated rings. The van der Waals surface area contributed by atoms with Gasteiger partial charge in [-0.05, 0) is 38.8 Å². The summed E-state index contributed by atoms with van der Waals surface area (Å²) in [6.07, 6.45) is -4.92. The van der Waals surface area contributed by atoms with E-state index in [1.165, 1.54) is 0 Å². The molecule has 0 heterocycles. The van der Waals surface area contributed by atoms with Gasteiger partial charge in [-0.2, -0.15) is 13.2 Å². The number of hydrogen-bond donors (Lipinski definition) is 1. The van der Waals surface area contributed by atoms with E-state index < -0.39 is 18.6 Å². The van der Waals surface area contributed by atoms with E-state index in [9.17, 15) is 13.2 Å². The molecule has 4 heteroatoms. The number of halogens is 3. The van der Waals surface area contributed by atoms with Crippen molar-refractivity contribution in [1.82, 2.24) is 5.32 Å². The summed E-state index contributed by atoms with van der Waals surface area (Å²) in [5, 5.41) is 3.00. The molecule has 0 spiro atoms. The summed E-state index contributed by atoms with van der Waals surface area (Å²) in [6.45, 7) is 7.42. The fraction of sp³-hybridized carbons (Fsp3) is 0.571. The normalized spacial score (nSPS) is 15.5. The fourth-order valence-electron chi connectivity index (χ4n) is 2.15. The molecule has 0 radical (unpaired) electrons. The Bertz CT molecular complexity index is 399. The molecule has 1 nitrogen and oxygen atoms in total. The highest BCUT2D eigenvalue weighted by molar-refractivity contribution is 5.32. The molecule has 0 saturated heterocycles. The number of rotatable bonds is 4. The second kappa shape index (κ2) is 5.74. The zero-order valence-corrected chi connectivity index (χ0v) is 11.2. The fourth-order valence-corrected chi connectivity index (χ4v) is 2.15. The largest absolute Gasteiger partial charge is 0.390 e. The van der Waals surface area contributed by atoms with Gasteiger partial charge in [0.1, 0.15) is 0 Å². The summed E-state index contributed by atoms with van der Waals surface area (Å²) in [4.78, 5) is 0. The lowest BCUT2D eigenvalue weighted by molar-refractivity contribution is -0.139. The number of alkyl halides is 3. The lowest BCUT2D eigenvalue weighted by Gasteiger charge is -2.23. The van der Waals surface area contributed by atoms with E-state index in [1.807, 2.05) is 39.0 Å². The minimum Gasteiger partial charge on any atom is -0.307 e. The Balaban J connectivity index is 2.70. The molecule has 1 N–H and O–H groups in total. The molecule has 0 amide bonds. The van der Waals surface area contributed by atoms with Gasteiger partial charge >= 0.3 is 6.18 Å². The zero-order chi connectivity index (χ0) is 13.9. The number of aryl methyl sites for hydroxylation is 2. The maximum atomic E-state index is 12.3. The maximum absolute atomic E-state index is 12.3. The third-order valence-corrected chi connectivity index (χ3v) is 2.97. The Morgan fingerprint density at radius 1 is 1.17 bits per heavy atom. The summed E-state index contributed by atoms with van der Waals surface area (Å²) in [7, 11) is 0. The summed E-state index contributed by atoms with van der Waals surface area (Å²) < 4.78 is 36.8. The lowest BCUT2D eigenvalue weighted by Crippen LogP contribution is -2.33. The molecule has 0 aromatic heterocycles. The summed E-state index contributed by atoms with van der Waals surface area (Å²) in [6, 6.07) is 5.36. The molecule has 2 unspecified atom stereocenters. The number of hydrogen-bond acceptors (Lipinski definition) is 1. The monoisotopic (exact) mass is 259 g/mol. The first-order valence-corrected chi connectivity index (χ1v) is 6.09. The van der Waals surface area contributed by atoms with Crippen LogP contribution >= 0.6 is 0 Å². The van der Waals surface area contributed by atoms with Crippen LogP contribution in [0, 0.1) is 13.8 Å². The van der Waals surface area contributed by atoms with Gasteiger partial charge < -0.3 is 5.32 Å². The van der Waals surface area contributed by atoms with Gasteiger partial charge in [0.05, 0.1) is 6.42 Å². The van der Waals surface area contributed by atoms with Crippen molar-refractivity contribution in [3.8, 4) is 0 Å². The summed E-state index contributed by atoms with van der Waals surface area (Å²) >= 11 is 0. The van der Waals surface area contributed by atoms with Crippen LogP contribution in [0.1, 0.15) is 43.0 Å². The smallest absolute Gasteiger partial charge is 0.307 e. The number of nitrogens with one attached hydrogen (secondary N) is 1. The molecular weight excluding hydrogens is 239 g/mol. The molecule has 0 bridgehead atoms. The highest BCUT2D eigenvalue weighted by Gasteiger charge is 2.30. The van der Waals surface area contributed by atoms with E-state index >= 15 is 0 Å². The topological polar surface area (TPSA) is 12.0 Å². The summed E-state index contributed by atoms with van der Waals surface area (Å²) in [5.41, 5.74) is 3.27. The van der Waals surface area contributed by atoms with Crippen LogP contribution < -0.4 is 5.32 Å². The van der Waals surface area contributed by atoms with E-state index in [0.29, 0.717) is 0 Å². The van der Waals surface area contributed by atoms with Crippen LogP contribution in [0.4, 0.5) is 13.2 Å². The van der Waals surface area contributed by atoms with E-state index in [4.69, 9.17) is 0 Å². The third kappa shape index (κ3) is 4.69. The van der Waals surface area contributed by atoms with E-state index in [-0.39, 0.29) is 6.04 Å². The van der Waals surface area contributed by atoms with Crippen LogP contribution in [0.3, 0.4) is 0 Å². The highest BCUT2D eigenvalue weighted by Crippen LogP contribution is 2.24. The Morgan fingerprint density at radius 2 is 1.78 bits per heavy atom. The molecule has 1 aromatic rings. The molecule has 0 aliphatic heterocycles. The Hall–Kier alpha value is -1.03. The van der Waals surface area contributed by atoms with Crippen molar-refractivity contribution in [2.45, 2.75) is 52.4 Å². The van der Waals surface area contributed by atoms with Gasteiger partial charge in [-0.15, -0.1) is 0 Å². The Labute approximate surface area is 106 Å². The zero-order valence-electron chi connectivity index (χ0n) is 11.2. The van der Waals surface area contributed by atoms with Gasteiger partial charge in [0.2, 0.25) is 0 Å². The Morgan fingerprint density at radius 3 is 2.33 bits per heavy atom. The highest BCUT2D eigenvalue weighted by atomic mass is 19.4. The molecule has 18 heavy (non-hydrogen) atoms. The summed E-state index contributed by atoms with van der Waals surface area (Å²) in [5.74, 6) is 0. The first-order chi connectivity index (χ1) is 8.19. The minimum absolute atomic E-state index is 0.0813. The van der Waals surface area contributed by atoms with Gasteiger partial charge in [0, 0.05) is 12.1 Å². The van der Waals surface area contributed by atoms with Crippen LogP contribution in [0.15, 0.2) is 18.2 Å². The van der Waals surface area contributed by atoms with E-state index in [1.54, 1.807) is 6.92 Å². The molecule has 1 aromatic carbocycles. The molecule has 1 rings (SSSR count). The third-order valence-electron chi connectivity index (χ3n) is 2.97. The second-order valence-electron chi connectivity index (χ2n) is 4.97. The van der Waals surface area contributed by atoms with Crippen LogP contribution in [0.5, 0.6) is 0 Å². The molecule has 0 aliphatic rings. The first kappa shape index (κ1) is 15.0. The predicted molar refractivity (Wildman–Crippen MR) is 67.6 cm³/mol. The van der Waals surface area contributed by atoms with Crippen LogP contribution in [-0.2, 0) is 0 Å². The van der Waals surface area contributed by atoms with Gasteiger partial charge in [-0.25, -0.2) is 0 Å². The Kier molecular flexibility index (Phi) is 4.79. The van der Waals surface area contributed by atoms with Gasteiger partial charge in [-0.1, -0.05) is 23.8 Å². The lowest BCUT2D eigenvalue weighted by atomic mass is 9.99. The average molecular weight is 259 g/mol. The second-order valence-corrected chi connectivity index (χ2v) is 4.97. The van der Waals surface area contributed by atoms with Crippen LogP contribution in [0.2, 0.25) is 0 Å². The predicted octanol–water partition coefficient (Wildman–Crippen LogP) is 4.29. The van der Waals surface area contributed by atoms with Crippen molar-refractivity contribution in [2.75, 3.05) is 0 Å². The van der Waals surface area contributed by atoms with Crippen LogP contribution in [0.25, 0.3) is 0 Å².